The van der Waals surface area contributed by atoms with Gasteiger partial charge in [0.15, 0.2) is 0 Å². The maximum atomic E-state index is 13.1. The van der Waals surface area contributed by atoms with Gasteiger partial charge in [-0.3, -0.25) is 9.59 Å². The molecule has 0 saturated heterocycles. The molecule has 9 heteroatoms. The lowest BCUT2D eigenvalue weighted by Gasteiger charge is -2.33. The summed E-state index contributed by atoms with van der Waals surface area (Å²) in [6, 6.07) is 5.89. The van der Waals surface area contributed by atoms with Crippen LogP contribution in [0, 0.1) is 12.8 Å². The molecule has 2 amide bonds. The van der Waals surface area contributed by atoms with E-state index in [1.54, 1.807) is 12.1 Å². The summed E-state index contributed by atoms with van der Waals surface area (Å²) in [5, 5.41) is 12.7. The fraction of sp³-hybridized carbons (Fsp3) is 0.667. The fourth-order valence-corrected chi connectivity index (χ4v) is 5.20. The van der Waals surface area contributed by atoms with Crippen molar-refractivity contribution in [3.05, 3.63) is 29.8 Å². The zero-order chi connectivity index (χ0) is 24.4. The van der Waals surface area contributed by atoms with E-state index in [0.29, 0.717) is 6.42 Å². The van der Waals surface area contributed by atoms with E-state index in [9.17, 15) is 23.1 Å². The van der Waals surface area contributed by atoms with Gasteiger partial charge in [0.1, 0.15) is 6.04 Å². The van der Waals surface area contributed by atoms with Gasteiger partial charge in [-0.1, -0.05) is 50.8 Å². The van der Waals surface area contributed by atoms with E-state index in [1.165, 1.54) is 23.5 Å². The first-order valence-corrected chi connectivity index (χ1v) is 13.4. The van der Waals surface area contributed by atoms with Crippen LogP contribution in [0.5, 0.6) is 0 Å². The highest BCUT2D eigenvalue weighted by atomic mass is 32.2. The first kappa shape index (κ1) is 27.3. The van der Waals surface area contributed by atoms with Crippen molar-refractivity contribution in [1.82, 2.24) is 14.9 Å². The van der Waals surface area contributed by atoms with E-state index in [2.05, 4.69) is 10.0 Å². The Morgan fingerprint density at radius 3 is 2.33 bits per heavy atom. The van der Waals surface area contributed by atoms with E-state index in [1.807, 2.05) is 20.8 Å². The SMILES string of the molecule is Cc1ccc(S(=O)(=O)NCCC(=O)N(CCO)C(CC(C)C)C(=O)NC2CCCCC2)cc1. The molecule has 0 spiro atoms. The van der Waals surface area contributed by atoms with Crippen molar-refractivity contribution in [2.75, 3.05) is 19.7 Å². The van der Waals surface area contributed by atoms with Crippen LogP contribution in [0.15, 0.2) is 29.2 Å². The molecule has 1 unspecified atom stereocenters. The number of aryl methyl sites for hydroxylation is 1. The molecule has 0 radical (unpaired) electrons. The molecule has 1 aliphatic carbocycles. The summed E-state index contributed by atoms with van der Waals surface area (Å²) in [5.74, 6) is -0.390. The predicted molar refractivity (Wildman–Crippen MR) is 128 cm³/mol. The van der Waals surface area contributed by atoms with Crippen molar-refractivity contribution in [2.24, 2.45) is 5.92 Å². The van der Waals surface area contributed by atoms with E-state index < -0.39 is 16.1 Å². The molecule has 1 aromatic carbocycles. The van der Waals surface area contributed by atoms with Crippen molar-refractivity contribution in [1.29, 1.82) is 0 Å². The molecule has 0 heterocycles. The minimum Gasteiger partial charge on any atom is -0.395 e. The number of aliphatic hydroxyl groups is 1. The van der Waals surface area contributed by atoms with Crippen LogP contribution >= 0.6 is 0 Å². The first-order chi connectivity index (χ1) is 15.6. The van der Waals surface area contributed by atoms with Crippen LogP contribution in [0.1, 0.15) is 64.4 Å². The van der Waals surface area contributed by atoms with Crippen LogP contribution in [-0.4, -0.2) is 62.0 Å². The second-order valence-corrected chi connectivity index (χ2v) is 11.0. The summed E-state index contributed by atoms with van der Waals surface area (Å²) in [6.45, 7) is 5.51. The van der Waals surface area contributed by atoms with E-state index in [4.69, 9.17) is 0 Å². The second-order valence-electron chi connectivity index (χ2n) is 9.26. The zero-order valence-electron chi connectivity index (χ0n) is 20.0. The van der Waals surface area contributed by atoms with Gasteiger partial charge in [-0.15, -0.1) is 0 Å². The average Bonchev–Trinajstić information content (AvgIpc) is 2.76. The molecule has 1 fully saturated rings. The number of hydrogen-bond donors (Lipinski definition) is 3. The highest BCUT2D eigenvalue weighted by Crippen LogP contribution is 2.19. The second kappa shape index (κ2) is 13.1. The van der Waals surface area contributed by atoms with Crippen molar-refractivity contribution >= 4 is 21.8 Å². The number of hydrogen-bond acceptors (Lipinski definition) is 5. The van der Waals surface area contributed by atoms with Crippen molar-refractivity contribution in [3.63, 3.8) is 0 Å². The molecular weight excluding hydrogens is 442 g/mol. The molecule has 1 atom stereocenters. The van der Waals surface area contributed by atoms with Crippen LogP contribution in [-0.2, 0) is 19.6 Å². The Labute approximate surface area is 198 Å². The van der Waals surface area contributed by atoms with E-state index in [-0.39, 0.29) is 54.8 Å². The largest absolute Gasteiger partial charge is 0.395 e. The lowest BCUT2D eigenvalue weighted by molar-refractivity contribution is -0.142. The molecule has 8 nitrogen and oxygen atoms in total. The summed E-state index contributed by atoms with van der Waals surface area (Å²) in [6.07, 6.45) is 5.59. The Kier molecular flexibility index (Phi) is 10.8. The van der Waals surface area contributed by atoms with Gasteiger partial charge in [0.25, 0.3) is 0 Å². The standard InChI is InChI=1S/C24H39N3O5S/c1-18(2)17-22(24(30)26-20-7-5-4-6-8-20)27(15-16-28)23(29)13-14-25-33(31,32)21-11-9-19(3)10-12-21/h9-12,18,20,22,25,28H,4-8,13-17H2,1-3H3,(H,26,30). The number of carbonyl (C=O) groups excluding carboxylic acids is 2. The molecule has 1 saturated carbocycles. The minimum atomic E-state index is -3.73. The summed E-state index contributed by atoms with van der Waals surface area (Å²) in [4.78, 5) is 27.7. The first-order valence-electron chi connectivity index (χ1n) is 11.9. The van der Waals surface area contributed by atoms with Gasteiger partial charge >= 0.3 is 0 Å². The Balaban J connectivity index is 2.04. The number of sulfonamides is 1. The molecule has 0 aromatic heterocycles. The molecule has 1 aliphatic rings. The third-order valence-corrected chi connectivity index (χ3v) is 7.43. The van der Waals surface area contributed by atoms with E-state index in [0.717, 1.165) is 31.2 Å². The van der Waals surface area contributed by atoms with Crippen molar-refractivity contribution in [2.45, 2.75) is 82.7 Å². The van der Waals surface area contributed by atoms with Gasteiger partial charge in [0, 0.05) is 25.6 Å². The van der Waals surface area contributed by atoms with Gasteiger partial charge < -0.3 is 15.3 Å². The summed E-state index contributed by atoms with van der Waals surface area (Å²) >= 11 is 0. The van der Waals surface area contributed by atoms with Crippen LogP contribution in [0.2, 0.25) is 0 Å². The van der Waals surface area contributed by atoms with Gasteiger partial charge in [-0.25, -0.2) is 13.1 Å². The van der Waals surface area contributed by atoms with Crippen LogP contribution in [0.25, 0.3) is 0 Å². The van der Waals surface area contributed by atoms with Gasteiger partial charge in [0.05, 0.1) is 11.5 Å². The maximum absolute atomic E-state index is 13.1. The fourth-order valence-electron chi connectivity index (χ4n) is 4.17. The normalized spacial score (nSPS) is 15.9. The number of nitrogens with zero attached hydrogens (tertiary/aromatic N) is 1. The number of benzene rings is 1. The topological polar surface area (TPSA) is 116 Å². The lowest BCUT2D eigenvalue weighted by atomic mass is 9.94. The third kappa shape index (κ3) is 8.72. The number of nitrogens with one attached hydrogen (secondary N) is 2. The average molecular weight is 482 g/mol. The van der Waals surface area contributed by atoms with Crippen LogP contribution < -0.4 is 10.0 Å². The smallest absolute Gasteiger partial charge is 0.243 e. The van der Waals surface area contributed by atoms with Gasteiger partial charge in [0.2, 0.25) is 21.8 Å². The summed E-state index contributed by atoms with van der Waals surface area (Å²) in [5.41, 5.74) is 0.950. The lowest BCUT2D eigenvalue weighted by Crippen LogP contribution is -2.53. The number of amides is 2. The van der Waals surface area contributed by atoms with Gasteiger partial charge in [-0.05, 0) is 44.2 Å². The molecule has 33 heavy (non-hydrogen) atoms. The Bertz CT molecular complexity index is 865. The van der Waals surface area contributed by atoms with E-state index >= 15 is 0 Å². The quantitative estimate of drug-likeness (QED) is 0.424. The molecule has 0 bridgehead atoms. The van der Waals surface area contributed by atoms with Crippen molar-refractivity contribution < 1.29 is 23.1 Å². The third-order valence-electron chi connectivity index (χ3n) is 5.95. The summed E-state index contributed by atoms with van der Waals surface area (Å²) < 4.78 is 27.4. The molecule has 3 N–H and O–H groups in total. The Morgan fingerprint density at radius 2 is 1.76 bits per heavy atom. The molecule has 2 rings (SSSR count). The van der Waals surface area contributed by atoms with Crippen LogP contribution in [0.4, 0.5) is 0 Å². The predicted octanol–water partition coefficient (Wildman–Crippen LogP) is 2.35. The Hall–Kier alpha value is -1.97. The molecule has 1 aromatic rings. The number of aliphatic hydroxyl groups excluding tert-OH is 1. The van der Waals surface area contributed by atoms with Gasteiger partial charge in [-0.2, -0.15) is 0 Å². The summed E-state index contributed by atoms with van der Waals surface area (Å²) in [7, 11) is -3.73. The molecular formula is C24H39N3O5S. The minimum absolute atomic E-state index is 0.0268. The van der Waals surface area contributed by atoms with Crippen LogP contribution in [0.3, 0.4) is 0 Å². The Morgan fingerprint density at radius 1 is 1.12 bits per heavy atom. The maximum Gasteiger partial charge on any atom is 0.243 e. The zero-order valence-corrected chi connectivity index (χ0v) is 20.9. The number of carbonyl (C=O) groups is 2. The molecule has 0 aliphatic heterocycles. The monoisotopic (exact) mass is 481 g/mol. The highest BCUT2D eigenvalue weighted by Gasteiger charge is 2.31. The highest BCUT2D eigenvalue weighted by molar-refractivity contribution is 7.89. The molecule has 186 valence electrons. The number of rotatable bonds is 12. The van der Waals surface area contributed by atoms with Crippen molar-refractivity contribution in [3.8, 4) is 0 Å².